The van der Waals surface area contributed by atoms with Crippen molar-refractivity contribution in [2.75, 3.05) is 18.0 Å². The average Bonchev–Trinajstić information content (AvgIpc) is 3.50. The van der Waals surface area contributed by atoms with Crippen LogP contribution in [0.4, 0.5) is 5.82 Å². The van der Waals surface area contributed by atoms with Gasteiger partial charge in [0.25, 0.3) is 5.56 Å². The van der Waals surface area contributed by atoms with Gasteiger partial charge in [0.15, 0.2) is 23.9 Å². The third kappa shape index (κ3) is 2.94. The first-order chi connectivity index (χ1) is 14.1. The van der Waals surface area contributed by atoms with Crippen LogP contribution < -0.4 is 10.5 Å². The van der Waals surface area contributed by atoms with Gasteiger partial charge in [0.1, 0.15) is 4.70 Å². The molecule has 1 fully saturated rings. The first-order valence-electron chi connectivity index (χ1n) is 9.19. The van der Waals surface area contributed by atoms with E-state index in [9.17, 15) is 9.59 Å². The van der Waals surface area contributed by atoms with Crippen LogP contribution in [-0.2, 0) is 18.4 Å². The Kier molecular flexibility index (Phi) is 4.23. The molecule has 1 saturated heterocycles. The highest BCUT2D eigenvalue weighted by atomic mass is 32.1. The zero-order chi connectivity index (χ0) is 20.0. The summed E-state index contributed by atoms with van der Waals surface area (Å²) in [5.74, 6) is 0.993. The second-order valence-electron chi connectivity index (χ2n) is 6.80. The predicted molar refractivity (Wildman–Crippen MR) is 106 cm³/mol. The number of hydrogen-bond donors (Lipinski definition) is 0. The van der Waals surface area contributed by atoms with Gasteiger partial charge in [-0.25, -0.2) is 4.79 Å². The summed E-state index contributed by atoms with van der Waals surface area (Å²) in [4.78, 5) is 26.9. The first-order valence-corrected chi connectivity index (χ1v) is 10.1. The number of anilines is 1. The molecule has 0 amide bonds. The lowest BCUT2D eigenvalue weighted by Gasteiger charge is -2.15. The molecular formula is C18H17N7O3S. The van der Waals surface area contributed by atoms with Gasteiger partial charge in [-0.1, -0.05) is 0 Å². The Morgan fingerprint density at radius 1 is 1.14 bits per heavy atom. The second kappa shape index (κ2) is 6.92. The summed E-state index contributed by atoms with van der Waals surface area (Å²) in [6, 6.07) is 5.23. The van der Waals surface area contributed by atoms with Gasteiger partial charge in [0.2, 0.25) is 5.78 Å². The van der Waals surface area contributed by atoms with Gasteiger partial charge in [0, 0.05) is 20.1 Å². The molecule has 5 rings (SSSR count). The Labute approximate surface area is 168 Å². The molecule has 4 aromatic heterocycles. The molecule has 148 valence electrons. The Hall–Kier alpha value is -3.34. The summed E-state index contributed by atoms with van der Waals surface area (Å²) in [6.07, 6.45) is 2.28. The SMILES string of the molecule is Cn1c(=O)c2sccc2n2c(COC(=O)c3ccc(N4CCCC4)nn3)nnc12. The van der Waals surface area contributed by atoms with Crippen molar-refractivity contribution < 1.29 is 9.53 Å². The quantitative estimate of drug-likeness (QED) is 0.464. The number of carbonyl (C=O) groups is 1. The van der Waals surface area contributed by atoms with Gasteiger partial charge in [0.05, 0.1) is 5.52 Å². The molecule has 0 unspecified atom stereocenters. The van der Waals surface area contributed by atoms with Crippen LogP contribution in [-0.4, -0.2) is 48.4 Å². The zero-order valence-corrected chi connectivity index (χ0v) is 16.4. The standard InChI is InChI=1S/C18H17N7O3S/c1-23-16(26)15-12(6-9-29-15)25-14(21-22-18(23)25)10-28-17(27)11-4-5-13(20-19-11)24-7-2-3-8-24/h4-6,9H,2-3,7-8,10H2,1H3. The Morgan fingerprint density at radius 2 is 1.97 bits per heavy atom. The summed E-state index contributed by atoms with van der Waals surface area (Å²) in [7, 11) is 1.64. The van der Waals surface area contributed by atoms with Gasteiger partial charge >= 0.3 is 5.97 Å². The molecule has 0 saturated carbocycles. The van der Waals surface area contributed by atoms with Crippen molar-refractivity contribution in [2.24, 2.45) is 7.05 Å². The van der Waals surface area contributed by atoms with Gasteiger partial charge in [-0.3, -0.25) is 13.8 Å². The molecule has 1 aliphatic heterocycles. The maximum Gasteiger partial charge on any atom is 0.359 e. The minimum atomic E-state index is -0.589. The van der Waals surface area contributed by atoms with E-state index in [0.29, 0.717) is 21.8 Å². The molecule has 0 spiro atoms. The zero-order valence-electron chi connectivity index (χ0n) is 15.6. The highest BCUT2D eigenvalue weighted by Crippen LogP contribution is 2.20. The lowest BCUT2D eigenvalue weighted by molar-refractivity contribution is 0.0453. The van der Waals surface area contributed by atoms with E-state index >= 15 is 0 Å². The van der Waals surface area contributed by atoms with Gasteiger partial charge in [-0.05, 0) is 36.4 Å². The fraction of sp³-hybridized carbons (Fsp3) is 0.333. The van der Waals surface area contributed by atoms with Crippen LogP contribution in [0.1, 0.15) is 29.2 Å². The molecule has 11 heteroatoms. The highest BCUT2D eigenvalue weighted by Gasteiger charge is 2.19. The second-order valence-corrected chi connectivity index (χ2v) is 7.71. The first kappa shape index (κ1) is 17.7. The minimum Gasteiger partial charge on any atom is -0.453 e. The van der Waals surface area contributed by atoms with Crippen molar-refractivity contribution >= 4 is 39.1 Å². The molecule has 0 atom stereocenters. The van der Waals surface area contributed by atoms with Crippen LogP contribution in [0.3, 0.4) is 0 Å². The number of ether oxygens (including phenoxy) is 1. The normalized spacial score (nSPS) is 14.2. The number of nitrogens with zero attached hydrogens (tertiary/aromatic N) is 7. The largest absolute Gasteiger partial charge is 0.453 e. The molecule has 0 bridgehead atoms. The van der Waals surface area contributed by atoms with Gasteiger partial charge < -0.3 is 9.64 Å². The van der Waals surface area contributed by atoms with Crippen molar-refractivity contribution in [1.29, 1.82) is 0 Å². The van der Waals surface area contributed by atoms with Crippen molar-refractivity contribution in [1.82, 2.24) is 29.4 Å². The molecule has 10 nitrogen and oxygen atoms in total. The van der Waals surface area contributed by atoms with Crippen LogP contribution >= 0.6 is 11.3 Å². The molecule has 29 heavy (non-hydrogen) atoms. The molecule has 5 heterocycles. The number of fused-ring (bicyclic) bond motifs is 3. The number of hydrogen-bond acceptors (Lipinski definition) is 9. The number of rotatable bonds is 4. The Bertz CT molecular complexity index is 1270. The molecule has 4 aromatic rings. The van der Waals surface area contributed by atoms with Crippen LogP contribution in [0.15, 0.2) is 28.4 Å². The number of thiophene rings is 1. The lowest BCUT2D eigenvalue weighted by atomic mass is 10.4. The van der Waals surface area contributed by atoms with Crippen LogP contribution in [0.25, 0.3) is 16.0 Å². The maximum atomic E-state index is 12.4. The monoisotopic (exact) mass is 411 g/mol. The topological polar surface area (TPSA) is 108 Å². The van der Waals surface area contributed by atoms with E-state index in [0.717, 1.165) is 31.7 Å². The van der Waals surface area contributed by atoms with E-state index in [-0.39, 0.29) is 17.9 Å². The van der Waals surface area contributed by atoms with E-state index in [1.54, 1.807) is 23.6 Å². The Balaban J connectivity index is 1.38. The van der Waals surface area contributed by atoms with Crippen molar-refractivity contribution in [3.63, 3.8) is 0 Å². The van der Waals surface area contributed by atoms with Crippen molar-refractivity contribution in [3.05, 3.63) is 45.5 Å². The summed E-state index contributed by atoms with van der Waals surface area (Å²) >= 11 is 1.35. The average molecular weight is 411 g/mol. The highest BCUT2D eigenvalue weighted by molar-refractivity contribution is 7.17. The van der Waals surface area contributed by atoms with Crippen molar-refractivity contribution in [3.8, 4) is 0 Å². The summed E-state index contributed by atoms with van der Waals surface area (Å²) in [5, 5.41) is 18.1. The molecular weight excluding hydrogens is 394 g/mol. The summed E-state index contributed by atoms with van der Waals surface area (Å²) < 4.78 is 9.13. The van der Waals surface area contributed by atoms with E-state index in [1.165, 1.54) is 15.9 Å². The fourth-order valence-electron chi connectivity index (χ4n) is 3.50. The number of esters is 1. The van der Waals surface area contributed by atoms with Crippen LogP contribution in [0.2, 0.25) is 0 Å². The smallest absolute Gasteiger partial charge is 0.359 e. The number of carbonyl (C=O) groups excluding carboxylic acids is 1. The van der Waals surface area contributed by atoms with Gasteiger partial charge in [-0.2, -0.15) is 0 Å². The van der Waals surface area contributed by atoms with Gasteiger partial charge in [-0.15, -0.1) is 31.7 Å². The minimum absolute atomic E-state index is 0.0985. The van der Waals surface area contributed by atoms with E-state index in [2.05, 4.69) is 25.3 Å². The predicted octanol–water partition coefficient (Wildman–Crippen LogP) is 1.39. The van der Waals surface area contributed by atoms with E-state index in [1.807, 2.05) is 11.4 Å². The lowest BCUT2D eigenvalue weighted by Crippen LogP contribution is -2.20. The molecule has 0 N–H and O–H groups in total. The maximum absolute atomic E-state index is 12.4. The molecule has 0 aliphatic carbocycles. The summed E-state index contributed by atoms with van der Waals surface area (Å²) in [5.41, 5.74) is 0.695. The molecule has 0 aromatic carbocycles. The third-order valence-electron chi connectivity index (χ3n) is 5.02. The fourth-order valence-corrected chi connectivity index (χ4v) is 4.35. The third-order valence-corrected chi connectivity index (χ3v) is 5.91. The van der Waals surface area contributed by atoms with Crippen molar-refractivity contribution in [2.45, 2.75) is 19.4 Å². The number of aryl methyl sites for hydroxylation is 1. The molecule has 1 aliphatic rings. The van der Waals surface area contributed by atoms with Crippen LogP contribution in [0.5, 0.6) is 0 Å². The van der Waals surface area contributed by atoms with Crippen LogP contribution in [0, 0.1) is 0 Å². The molecule has 0 radical (unpaired) electrons. The number of aromatic nitrogens is 6. The van der Waals surface area contributed by atoms with E-state index in [4.69, 9.17) is 4.74 Å². The van der Waals surface area contributed by atoms with E-state index < -0.39 is 5.97 Å². The summed E-state index contributed by atoms with van der Waals surface area (Å²) in [6.45, 7) is 1.81. The Morgan fingerprint density at radius 3 is 2.72 bits per heavy atom.